The maximum atomic E-state index is 10.6. The highest BCUT2D eigenvalue weighted by Crippen LogP contribution is 2.43. The van der Waals surface area contributed by atoms with Crippen LogP contribution in [0.3, 0.4) is 0 Å². The molecule has 1 saturated carbocycles. The molecule has 15 heavy (non-hydrogen) atoms. The van der Waals surface area contributed by atoms with Gasteiger partial charge in [-0.25, -0.2) is 4.79 Å². The van der Waals surface area contributed by atoms with E-state index in [-0.39, 0.29) is 0 Å². The monoisotopic (exact) mass is 270 g/mol. The highest BCUT2D eigenvalue weighted by atomic mass is 79.9. The van der Waals surface area contributed by atoms with Crippen LogP contribution >= 0.6 is 15.9 Å². The maximum absolute atomic E-state index is 10.6. The Kier molecular flexibility index (Phi) is 2.80. The van der Waals surface area contributed by atoms with Gasteiger partial charge in [-0.2, -0.15) is 0 Å². The summed E-state index contributed by atoms with van der Waals surface area (Å²) in [5.41, 5.74) is 1.62. The van der Waals surface area contributed by atoms with E-state index in [0.29, 0.717) is 11.5 Å². The molecule has 1 fully saturated rings. The van der Waals surface area contributed by atoms with Gasteiger partial charge in [0.2, 0.25) is 0 Å². The largest absolute Gasteiger partial charge is 0.479 e. The maximum Gasteiger partial charge on any atom is 0.337 e. The number of benzene rings is 1. The first kappa shape index (κ1) is 10.6. The lowest BCUT2D eigenvalue weighted by Gasteiger charge is -2.08. The summed E-state index contributed by atoms with van der Waals surface area (Å²) >= 11 is 3.40. The Bertz CT molecular complexity index is 399. The predicted octanol–water partition coefficient (Wildman–Crippen LogP) is 2.44. The first-order chi connectivity index (χ1) is 7.09. The van der Waals surface area contributed by atoms with Crippen LogP contribution < -0.4 is 0 Å². The van der Waals surface area contributed by atoms with E-state index in [2.05, 4.69) is 15.9 Å². The quantitative estimate of drug-likeness (QED) is 0.887. The molecule has 4 heteroatoms. The molecule has 1 aromatic carbocycles. The summed E-state index contributed by atoms with van der Waals surface area (Å²) in [6, 6.07) is 5.26. The molecule has 0 bridgehead atoms. The van der Waals surface area contributed by atoms with E-state index >= 15 is 0 Å². The summed E-state index contributed by atoms with van der Waals surface area (Å²) in [6.45, 7) is 0. The van der Waals surface area contributed by atoms with Crippen molar-refractivity contribution in [2.24, 2.45) is 0 Å². The van der Waals surface area contributed by atoms with E-state index in [4.69, 9.17) is 5.11 Å². The third-order valence-electron chi connectivity index (χ3n) is 2.59. The highest BCUT2D eigenvalue weighted by Gasteiger charge is 2.26. The molecule has 0 saturated heterocycles. The molecular formula is C11H11BrO3. The molecule has 2 N–H and O–H groups in total. The zero-order chi connectivity index (χ0) is 11.0. The van der Waals surface area contributed by atoms with E-state index in [1.165, 1.54) is 18.4 Å². The van der Waals surface area contributed by atoms with Gasteiger partial charge in [-0.15, -0.1) is 0 Å². The second kappa shape index (κ2) is 3.94. The van der Waals surface area contributed by atoms with E-state index in [0.717, 1.165) is 4.47 Å². The second-order valence-corrected chi connectivity index (χ2v) is 4.65. The van der Waals surface area contributed by atoms with Crippen molar-refractivity contribution >= 4 is 21.9 Å². The topological polar surface area (TPSA) is 57.5 Å². The number of carbonyl (C=O) groups is 1. The number of aliphatic hydroxyl groups excluding tert-OH is 1. The summed E-state index contributed by atoms with van der Waals surface area (Å²) < 4.78 is 0.891. The van der Waals surface area contributed by atoms with Gasteiger partial charge in [0, 0.05) is 4.47 Å². The Hall–Kier alpha value is -0.870. The van der Waals surface area contributed by atoms with Crippen molar-refractivity contribution < 1.29 is 15.0 Å². The minimum Gasteiger partial charge on any atom is -0.479 e. The Balaban J connectivity index is 2.28. The number of carboxylic acids is 1. The van der Waals surface area contributed by atoms with E-state index in [1.54, 1.807) is 12.1 Å². The Labute approximate surface area is 95.9 Å². The van der Waals surface area contributed by atoms with Crippen molar-refractivity contribution in [2.75, 3.05) is 0 Å². The fourth-order valence-corrected chi connectivity index (χ4v) is 2.30. The normalized spacial score (nSPS) is 17.5. The van der Waals surface area contributed by atoms with Crippen LogP contribution in [-0.2, 0) is 4.79 Å². The van der Waals surface area contributed by atoms with Gasteiger partial charge in [0.05, 0.1) is 0 Å². The molecule has 1 unspecified atom stereocenters. The predicted molar refractivity (Wildman–Crippen MR) is 58.7 cm³/mol. The number of halogens is 1. The molecule has 0 spiro atoms. The SMILES string of the molecule is O=C(O)C(O)c1ccc(C2CC2)c(Br)c1. The highest BCUT2D eigenvalue weighted by molar-refractivity contribution is 9.10. The Morgan fingerprint density at radius 3 is 2.60 bits per heavy atom. The van der Waals surface area contributed by atoms with Crippen molar-refractivity contribution in [1.82, 2.24) is 0 Å². The summed E-state index contributed by atoms with van der Waals surface area (Å²) in [7, 11) is 0. The third-order valence-corrected chi connectivity index (χ3v) is 3.28. The van der Waals surface area contributed by atoms with Gasteiger partial charge in [0.15, 0.2) is 6.10 Å². The van der Waals surface area contributed by atoms with Gasteiger partial charge in [0.25, 0.3) is 0 Å². The lowest BCUT2D eigenvalue weighted by Crippen LogP contribution is -2.10. The Morgan fingerprint density at radius 2 is 2.13 bits per heavy atom. The van der Waals surface area contributed by atoms with Crippen LogP contribution in [0.15, 0.2) is 22.7 Å². The van der Waals surface area contributed by atoms with Crippen LogP contribution in [0.5, 0.6) is 0 Å². The summed E-state index contributed by atoms with van der Waals surface area (Å²) in [5.74, 6) is -0.614. The van der Waals surface area contributed by atoms with Crippen LogP contribution in [0, 0.1) is 0 Å². The molecule has 1 aliphatic rings. The van der Waals surface area contributed by atoms with E-state index in [9.17, 15) is 9.90 Å². The van der Waals surface area contributed by atoms with E-state index in [1.807, 2.05) is 6.07 Å². The summed E-state index contributed by atoms with van der Waals surface area (Å²) in [5, 5.41) is 18.0. The van der Waals surface area contributed by atoms with Gasteiger partial charge in [-0.05, 0) is 36.0 Å². The van der Waals surface area contributed by atoms with Gasteiger partial charge in [-0.1, -0.05) is 28.1 Å². The molecule has 1 atom stereocenters. The summed E-state index contributed by atoms with van der Waals surface area (Å²) in [4.78, 5) is 10.6. The van der Waals surface area contributed by atoms with Crippen LogP contribution in [0.25, 0.3) is 0 Å². The fraction of sp³-hybridized carbons (Fsp3) is 0.364. The van der Waals surface area contributed by atoms with Crippen LogP contribution in [0.1, 0.15) is 36.0 Å². The number of aliphatic carboxylic acids is 1. The lowest BCUT2D eigenvalue weighted by atomic mass is 10.0. The van der Waals surface area contributed by atoms with Crippen molar-refractivity contribution in [3.63, 3.8) is 0 Å². The van der Waals surface area contributed by atoms with E-state index < -0.39 is 12.1 Å². The van der Waals surface area contributed by atoms with Gasteiger partial charge in [-0.3, -0.25) is 0 Å². The molecule has 2 rings (SSSR count). The lowest BCUT2D eigenvalue weighted by molar-refractivity contribution is -0.146. The standard InChI is InChI=1S/C11H11BrO3/c12-9-5-7(10(13)11(14)15)3-4-8(9)6-1-2-6/h3-6,10,13H,1-2H2,(H,14,15). The number of carboxylic acid groups (broad SMARTS) is 1. The minimum absolute atomic E-state index is 0.416. The van der Waals surface area contributed by atoms with Crippen molar-refractivity contribution in [3.8, 4) is 0 Å². The molecule has 0 aromatic heterocycles. The second-order valence-electron chi connectivity index (χ2n) is 3.80. The molecule has 0 aliphatic heterocycles. The summed E-state index contributed by atoms with van der Waals surface area (Å²) in [6.07, 6.45) is 0.952. The molecule has 1 aromatic rings. The molecule has 0 amide bonds. The van der Waals surface area contributed by atoms with Crippen LogP contribution in [0.2, 0.25) is 0 Å². The first-order valence-corrected chi connectivity index (χ1v) is 5.59. The van der Waals surface area contributed by atoms with Gasteiger partial charge >= 0.3 is 5.97 Å². The average molecular weight is 271 g/mol. The smallest absolute Gasteiger partial charge is 0.337 e. The third kappa shape index (κ3) is 2.21. The first-order valence-electron chi connectivity index (χ1n) is 4.80. The number of aliphatic hydroxyl groups is 1. The zero-order valence-corrected chi connectivity index (χ0v) is 9.57. The molecule has 3 nitrogen and oxygen atoms in total. The van der Waals surface area contributed by atoms with Crippen LogP contribution in [0.4, 0.5) is 0 Å². The fourth-order valence-electron chi connectivity index (χ4n) is 1.58. The number of hydrogen-bond acceptors (Lipinski definition) is 2. The van der Waals surface area contributed by atoms with Crippen LogP contribution in [-0.4, -0.2) is 16.2 Å². The molecule has 1 aliphatic carbocycles. The van der Waals surface area contributed by atoms with Crippen molar-refractivity contribution in [2.45, 2.75) is 24.9 Å². The molecule has 0 radical (unpaired) electrons. The number of rotatable bonds is 3. The number of hydrogen-bond donors (Lipinski definition) is 2. The molecule has 0 heterocycles. The van der Waals surface area contributed by atoms with Crippen molar-refractivity contribution in [1.29, 1.82) is 0 Å². The average Bonchev–Trinajstić information content (AvgIpc) is 3.00. The zero-order valence-electron chi connectivity index (χ0n) is 7.98. The van der Waals surface area contributed by atoms with Gasteiger partial charge in [0.1, 0.15) is 0 Å². The van der Waals surface area contributed by atoms with Gasteiger partial charge < -0.3 is 10.2 Å². The molecule has 80 valence electrons. The Morgan fingerprint density at radius 1 is 1.47 bits per heavy atom. The molecular weight excluding hydrogens is 260 g/mol. The van der Waals surface area contributed by atoms with Crippen molar-refractivity contribution in [3.05, 3.63) is 33.8 Å². The minimum atomic E-state index is -1.44.